The van der Waals surface area contributed by atoms with Gasteiger partial charge in [0.2, 0.25) is 0 Å². The number of unbranched alkanes of at least 4 members (excludes halogenated alkanes) is 1. The second kappa shape index (κ2) is 9.53. The van der Waals surface area contributed by atoms with Gasteiger partial charge in [0, 0.05) is 0 Å². The first-order chi connectivity index (χ1) is 7.29. The number of methoxy groups -OCH3 is 1. The van der Waals surface area contributed by atoms with Crippen molar-refractivity contribution in [3.05, 3.63) is 29.8 Å². The van der Waals surface area contributed by atoms with E-state index < -0.39 is 0 Å². The first-order valence-corrected chi connectivity index (χ1v) is 5.50. The van der Waals surface area contributed by atoms with Crippen LogP contribution < -0.4 is 10.1 Å². The van der Waals surface area contributed by atoms with Gasteiger partial charge in [0.05, 0.1) is 7.11 Å². The Labute approximate surface area is 93.7 Å². The van der Waals surface area contributed by atoms with E-state index in [-0.39, 0.29) is 0 Å². The van der Waals surface area contributed by atoms with Crippen molar-refractivity contribution in [1.82, 2.24) is 5.32 Å². The SMILES string of the molecule is CCCCc1ccccc1OC.CNC. The third-order valence-electron chi connectivity index (χ3n) is 1.99. The molecular weight excluding hydrogens is 186 g/mol. The average molecular weight is 209 g/mol. The molecule has 1 rings (SSSR count). The maximum Gasteiger partial charge on any atom is 0.122 e. The summed E-state index contributed by atoms with van der Waals surface area (Å²) in [4.78, 5) is 0. The van der Waals surface area contributed by atoms with Crippen LogP contribution in [0.25, 0.3) is 0 Å². The van der Waals surface area contributed by atoms with Crippen LogP contribution >= 0.6 is 0 Å². The topological polar surface area (TPSA) is 21.3 Å². The van der Waals surface area contributed by atoms with E-state index in [9.17, 15) is 0 Å². The maximum absolute atomic E-state index is 5.24. The van der Waals surface area contributed by atoms with Crippen molar-refractivity contribution >= 4 is 0 Å². The zero-order valence-corrected chi connectivity index (χ0v) is 10.3. The van der Waals surface area contributed by atoms with Gasteiger partial charge in [-0.15, -0.1) is 0 Å². The van der Waals surface area contributed by atoms with E-state index in [1.807, 2.05) is 26.2 Å². The molecule has 0 saturated carbocycles. The predicted octanol–water partition coefficient (Wildman–Crippen LogP) is 2.87. The molecule has 2 nitrogen and oxygen atoms in total. The Morgan fingerprint density at radius 3 is 2.33 bits per heavy atom. The number of rotatable bonds is 4. The van der Waals surface area contributed by atoms with Gasteiger partial charge in [0.1, 0.15) is 5.75 Å². The van der Waals surface area contributed by atoms with Crippen LogP contribution in [0.2, 0.25) is 0 Å². The second-order valence-electron chi connectivity index (χ2n) is 3.42. The maximum atomic E-state index is 5.24. The zero-order chi connectivity index (χ0) is 11.5. The first-order valence-electron chi connectivity index (χ1n) is 5.50. The van der Waals surface area contributed by atoms with Crippen LogP contribution in [0.1, 0.15) is 25.3 Å². The first kappa shape index (κ1) is 14.0. The van der Waals surface area contributed by atoms with Crippen molar-refractivity contribution in [2.24, 2.45) is 0 Å². The summed E-state index contributed by atoms with van der Waals surface area (Å²) in [5.41, 5.74) is 1.32. The Balaban J connectivity index is 0.000000583. The summed E-state index contributed by atoms with van der Waals surface area (Å²) < 4.78 is 5.24. The molecule has 1 aromatic carbocycles. The van der Waals surface area contributed by atoms with Crippen molar-refractivity contribution in [2.45, 2.75) is 26.2 Å². The van der Waals surface area contributed by atoms with Crippen LogP contribution in [0, 0.1) is 0 Å². The molecule has 0 aliphatic heterocycles. The lowest BCUT2D eigenvalue weighted by Crippen LogP contribution is -1.91. The van der Waals surface area contributed by atoms with Crippen LogP contribution in [-0.2, 0) is 6.42 Å². The fourth-order valence-electron chi connectivity index (χ4n) is 1.28. The number of ether oxygens (including phenoxy) is 1. The molecule has 0 bridgehead atoms. The van der Waals surface area contributed by atoms with E-state index >= 15 is 0 Å². The minimum Gasteiger partial charge on any atom is -0.496 e. The summed E-state index contributed by atoms with van der Waals surface area (Å²) in [6.45, 7) is 2.20. The Morgan fingerprint density at radius 2 is 1.80 bits per heavy atom. The highest BCUT2D eigenvalue weighted by Gasteiger charge is 1.98. The Kier molecular flexibility index (Phi) is 8.88. The van der Waals surface area contributed by atoms with Gasteiger partial charge in [-0.25, -0.2) is 0 Å². The number of aryl methyl sites for hydroxylation is 1. The van der Waals surface area contributed by atoms with Gasteiger partial charge in [0.15, 0.2) is 0 Å². The second-order valence-corrected chi connectivity index (χ2v) is 3.42. The van der Waals surface area contributed by atoms with Crippen molar-refractivity contribution in [3.8, 4) is 5.75 Å². The molecule has 0 atom stereocenters. The number of hydrogen-bond donors (Lipinski definition) is 1. The summed E-state index contributed by atoms with van der Waals surface area (Å²) in [6, 6.07) is 8.22. The summed E-state index contributed by atoms with van der Waals surface area (Å²) in [5.74, 6) is 1.02. The summed E-state index contributed by atoms with van der Waals surface area (Å²) in [7, 11) is 5.48. The smallest absolute Gasteiger partial charge is 0.122 e. The molecule has 0 aliphatic carbocycles. The number of hydrogen-bond acceptors (Lipinski definition) is 2. The molecule has 86 valence electrons. The van der Waals surface area contributed by atoms with Gasteiger partial charge >= 0.3 is 0 Å². The van der Waals surface area contributed by atoms with E-state index in [4.69, 9.17) is 4.74 Å². The Hall–Kier alpha value is -1.02. The quantitative estimate of drug-likeness (QED) is 0.823. The predicted molar refractivity (Wildman–Crippen MR) is 66.6 cm³/mol. The molecule has 2 heteroatoms. The van der Waals surface area contributed by atoms with E-state index in [0.717, 1.165) is 12.2 Å². The molecule has 15 heavy (non-hydrogen) atoms. The molecule has 0 aromatic heterocycles. The van der Waals surface area contributed by atoms with Gasteiger partial charge in [-0.05, 0) is 38.6 Å². The van der Waals surface area contributed by atoms with Crippen molar-refractivity contribution in [3.63, 3.8) is 0 Å². The van der Waals surface area contributed by atoms with E-state index in [1.54, 1.807) is 7.11 Å². The number of nitrogens with one attached hydrogen (secondary N) is 1. The minimum atomic E-state index is 1.02. The summed E-state index contributed by atoms with van der Waals surface area (Å²) >= 11 is 0. The molecule has 0 fully saturated rings. The van der Waals surface area contributed by atoms with Gasteiger partial charge in [-0.3, -0.25) is 0 Å². The van der Waals surface area contributed by atoms with Crippen LogP contribution in [0.15, 0.2) is 24.3 Å². The highest BCUT2D eigenvalue weighted by molar-refractivity contribution is 5.33. The molecule has 0 spiro atoms. The third-order valence-corrected chi connectivity index (χ3v) is 1.99. The van der Waals surface area contributed by atoms with Crippen molar-refractivity contribution in [2.75, 3.05) is 21.2 Å². The molecule has 0 radical (unpaired) electrons. The van der Waals surface area contributed by atoms with Gasteiger partial charge in [-0.2, -0.15) is 0 Å². The molecule has 0 amide bonds. The van der Waals surface area contributed by atoms with Gasteiger partial charge in [-0.1, -0.05) is 31.5 Å². The van der Waals surface area contributed by atoms with Crippen LogP contribution in [0.5, 0.6) is 5.75 Å². The normalized spacial score (nSPS) is 9.07. The number of para-hydroxylation sites is 1. The Morgan fingerprint density at radius 1 is 1.20 bits per heavy atom. The fourth-order valence-corrected chi connectivity index (χ4v) is 1.28. The third kappa shape index (κ3) is 6.13. The van der Waals surface area contributed by atoms with Crippen LogP contribution in [0.4, 0.5) is 0 Å². The average Bonchev–Trinajstić information content (AvgIpc) is 2.28. The van der Waals surface area contributed by atoms with E-state index in [2.05, 4.69) is 24.4 Å². The lowest BCUT2D eigenvalue weighted by molar-refractivity contribution is 0.409. The fraction of sp³-hybridized carbons (Fsp3) is 0.538. The lowest BCUT2D eigenvalue weighted by Gasteiger charge is -2.06. The van der Waals surface area contributed by atoms with E-state index in [0.29, 0.717) is 0 Å². The summed E-state index contributed by atoms with van der Waals surface area (Å²) in [5, 5.41) is 2.75. The largest absolute Gasteiger partial charge is 0.496 e. The lowest BCUT2D eigenvalue weighted by atomic mass is 10.1. The molecule has 1 aromatic rings. The monoisotopic (exact) mass is 209 g/mol. The highest BCUT2D eigenvalue weighted by Crippen LogP contribution is 2.18. The zero-order valence-electron chi connectivity index (χ0n) is 10.3. The van der Waals surface area contributed by atoms with Crippen molar-refractivity contribution in [1.29, 1.82) is 0 Å². The van der Waals surface area contributed by atoms with E-state index in [1.165, 1.54) is 18.4 Å². The standard InChI is InChI=1S/C11H16O.C2H7N/c1-3-4-7-10-8-5-6-9-11(10)12-2;1-3-2/h5-6,8-9H,3-4,7H2,1-2H3;3H,1-2H3. The summed E-state index contributed by atoms with van der Waals surface area (Å²) in [6.07, 6.45) is 3.60. The minimum absolute atomic E-state index is 1.02. The van der Waals surface area contributed by atoms with Gasteiger partial charge in [0.25, 0.3) is 0 Å². The Bertz CT molecular complexity index is 248. The molecule has 0 aliphatic rings. The van der Waals surface area contributed by atoms with Gasteiger partial charge < -0.3 is 10.1 Å². The van der Waals surface area contributed by atoms with Crippen LogP contribution in [-0.4, -0.2) is 21.2 Å². The number of benzene rings is 1. The molecule has 0 unspecified atom stereocenters. The molecule has 0 heterocycles. The van der Waals surface area contributed by atoms with Crippen LogP contribution in [0.3, 0.4) is 0 Å². The molecule has 0 saturated heterocycles. The highest BCUT2D eigenvalue weighted by atomic mass is 16.5. The molecular formula is C13H23NO. The molecule has 1 N–H and O–H groups in total. The van der Waals surface area contributed by atoms with Crippen molar-refractivity contribution < 1.29 is 4.74 Å².